The van der Waals surface area contributed by atoms with Crippen LogP contribution in [0.15, 0.2) is 41.5 Å². The van der Waals surface area contributed by atoms with Crippen LogP contribution in [0.25, 0.3) is 11.3 Å². The first kappa shape index (κ1) is 21.5. The molecule has 2 fully saturated rings. The number of likely N-dealkylation sites (tertiary alicyclic amines) is 1. The van der Waals surface area contributed by atoms with Gasteiger partial charge < -0.3 is 14.7 Å². The van der Waals surface area contributed by atoms with Crippen molar-refractivity contribution in [3.8, 4) is 11.3 Å². The number of hydrogen-bond acceptors (Lipinski definition) is 5. The van der Waals surface area contributed by atoms with Crippen molar-refractivity contribution in [2.75, 3.05) is 13.1 Å². The summed E-state index contributed by atoms with van der Waals surface area (Å²) in [4.78, 5) is 31.1. The van der Waals surface area contributed by atoms with Gasteiger partial charge in [0.05, 0.1) is 24.2 Å². The largest absolute Gasteiger partial charge is 0.444 e. The van der Waals surface area contributed by atoms with Gasteiger partial charge in [0.1, 0.15) is 11.4 Å². The van der Waals surface area contributed by atoms with Gasteiger partial charge in [0.2, 0.25) is 0 Å². The van der Waals surface area contributed by atoms with Gasteiger partial charge >= 0.3 is 6.09 Å². The Morgan fingerprint density at radius 1 is 1.26 bits per heavy atom. The number of benzene rings is 1. The van der Waals surface area contributed by atoms with E-state index in [2.05, 4.69) is 4.98 Å². The van der Waals surface area contributed by atoms with Crippen molar-refractivity contribution < 1.29 is 19.0 Å². The highest BCUT2D eigenvalue weighted by Gasteiger charge is 2.54. The zero-order valence-corrected chi connectivity index (χ0v) is 18.0. The van der Waals surface area contributed by atoms with E-state index >= 15 is 0 Å². The van der Waals surface area contributed by atoms with Crippen LogP contribution in [0.4, 0.5) is 9.18 Å². The average Bonchev–Trinajstić information content (AvgIpc) is 2.86. The summed E-state index contributed by atoms with van der Waals surface area (Å²) in [6.45, 7) is 6.33. The van der Waals surface area contributed by atoms with Crippen LogP contribution in [-0.4, -0.2) is 49.9 Å². The van der Waals surface area contributed by atoms with Crippen LogP contribution in [0.1, 0.15) is 33.6 Å². The van der Waals surface area contributed by atoms with Crippen LogP contribution in [0.5, 0.6) is 0 Å². The molecule has 1 aliphatic heterocycles. The van der Waals surface area contributed by atoms with Crippen LogP contribution in [0.2, 0.25) is 0 Å². The predicted molar refractivity (Wildman–Crippen MR) is 113 cm³/mol. The number of hydrogen-bond donors (Lipinski definition) is 1. The van der Waals surface area contributed by atoms with E-state index in [1.165, 1.54) is 23.0 Å². The topological polar surface area (TPSA) is 84.7 Å². The third-order valence-electron chi connectivity index (χ3n) is 6.26. The Hall–Kier alpha value is -2.74. The Labute approximate surface area is 180 Å². The number of fused-ring (bicyclic) bond motifs is 2. The number of nitrogens with zero attached hydrogens (tertiary/aromatic N) is 3. The van der Waals surface area contributed by atoms with Gasteiger partial charge in [0.25, 0.3) is 5.56 Å². The van der Waals surface area contributed by atoms with E-state index in [0.717, 1.165) is 12.8 Å². The van der Waals surface area contributed by atoms with Gasteiger partial charge in [-0.25, -0.2) is 14.2 Å². The number of ether oxygens (including phenoxy) is 1. The van der Waals surface area contributed by atoms with Gasteiger partial charge in [-0.05, 0) is 45.7 Å². The molecule has 1 N–H and O–H groups in total. The van der Waals surface area contributed by atoms with E-state index in [0.29, 0.717) is 13.1 Å². The molecule has 3 atom stereocenters. The van der Waals surface area contributed by atoms with Crippen molar-refractivity contribution >= 4 is 6.09 Å². The van der Waals surface area contributed by atoms with Crippen LogP contribution >= 0.6 is 0 Å². The van der Waals surface area contributed by atoms with Gasteiger partial charge in [0.15, 0.2) is 0 Å². The number of aromatic nitrogens is 2. The van der Waals surface area contributed by atoms with Crippen molar-refractivity contribution in [3.63, 3.8) is 0 Å². The fraction of sp³-hybridized carbons (Fsp3) is 0.522. The molecule has 1 aliphatic carbocycles. The number of piperidine rings is 1. The number of aliphatic hydroxyl groups is 1. The molecule has 1 amide bonds. The lowest BCUT2D eigenvalue weighted by Gasteiger charge is -2.44. The van der Waals surface area contributed by atoms with Crippen molar-refractivity contribution in [1.29, 1.82) is 0 Å². The molecule has 0 spiro atoms. The lowest BCUT2D eigenvalue weighted by Crippen LogP contribution is -2.58. The quantitative estimate of drug-likeness (QED) is 0.811. The smallest absolute Gasteiger partial charge is 0.410 e. The van der Waals surface area contributed by atoms with Gasteiger partial charge in [0, 0.05) is 36.6 Å². The molecule has 1 saturated heterocycles. The van der Waals surface area contributed by atoms with E-state index in [1.54, 1.807) is 23.1 Å². The van der Waals surface area contributed by atoms with E-state index in [4.69, 9.17) is 4.74 Å². The maximum Gasteiger partial charge on any atom is 0.410 e. The Kier molecular flexibility index (Phi) is 5.37. The van der Waals surface area contributed by atoms with E-state index in [9.17, 15) is 19.1 Å². The number of carbonyl (C=O) groups is 1. The summed E-state index contributed by atoms with van der Waals surface area (Å²) in [5.41, 5.74) is -1.52. The summed E-state index contributed by atoms with van der Waals surface area (Å²) < 4.78 is 20.9. The highest BCUT2D eigenvalue weighted by molar-refractivity contribution is 5.68. The second-order valence-corrected chi connectivity index (χ2v) is 9.57. The van der Waals surface area contributed by atoms with Crippen molar-refractivity contribution in [3.05, 3.63) is 52.8 Å². The highest BCUT2D eigenvalue weighted by atomic mass is 19.1. The molecule has 166 valence electrons. The summed E-state index contributed by atoms with van der Waals surface area (Å²) in [7, 11) is 0. The summed E-state index contributed by atoms with van der Waals surface area (Å²) in [5, 5.41) is 11.5. The molecule has 4 rings (SSSR count). The number of amides is 1. The summed E-state index contributed by atoms with van der Waals surface area (Å²) in [5.74, 6) is -0.757. The second kappa shape index (κ2) is 7.75. The second-order valence-electron chi connectivity index (χ2n) is 9.57. The van der Waals surface area contributed by atoms with E-state index < -0.39 is 17.0 Å². The average molecular weight is 429 g/mol. The van der Waals surface area contributed by atoms with Crippen LogP contribution in [0.3, 0.4) is 0 Å². The molecule has 1 unspecified atom stereocenters. The van der Waals surface area contributed by atoms with Crippen molar-refractivity contribution in [1.82, 2.24) is 14.5 Å². The van der Waals surface area contributed by atoms with Crippen LogP contribution in [-0.2, 0) is 11.3 Å². The molecular weight excluding hydrogens is 401 g/mol. The normalized spacial score (nSPS) is 25.5. The van der Waals surface area contributed by atoms with Gasteiger partial charge in [-0.15, -0.1) is 0 Å². The third kappa shape index (κ3) is 4.21. The third-order valence-corrected chi connectivity index (χ3v) is 6.26. The molecule has 2 heterocycles. The van der Waals surface area contributed by atoms with Gasteiger partial charge in [-0.1, -0.05) is 12.1 Å². The highest BCUT2D eigenvalue weighted by Crippen LogP contribution is 2.46. The molecule has 2 aromatic rings. The van der Waals surface area contributed by atoms with Gasteiger partial charge in [-0.2, -0.15) is 0 Å². The van der Waals surface area contributed by atoms with E-state index in [1.807, 2.05) is 20.8 Å². The predicted octanol–water partition coefficient (Wildman–Crippen LogP) is 3.06. The number of halogens is 1. The Bertz CT molecular complexity index is 1030. The molecular formula is C23H28FN3O4. The van der Waals surface area contributed by atoms with Crippen molar-refractivity contribution in [2.45, 2.75) is 51.4 Å². The SMILES string of the molecule is CC(C)(C)OC(=O)N1C[C@H]2CC[C@@H](C1)C2(O)Cn1cnc(-c2ccccc2F)cc1=O. The summed E-state index contributed by atoms with van der Waals surface area (Å²) in [6, 6.07) is 7.45. The zero-order chi connectivity index (χ0) is 22.4. The Morgan fingerprint density at radius 3 is 2.48 bits per heavy atom. The number of rotatable bonds is 3. The molecule has 1 saturated carbocycles. The minimum atomic E-state index is -1.11. The fourth-order valence-corrected chi connectivity index (χ4v) is 4.71. The fourth-order valence-electron chi connectivity index (χ4n) is 4.71. The minimum absolute atomic E-state index is 0.0911. The van der Waals surface area contributed by atoms with Gasteiger partial charge in [-0.3, -0.25) is 9.36 Å². The lowest BCUT2D eigenvalue weighted by atomic mass is 9.80. The first-order valence-corrected chi connectivity index (χ1v) is 10.6. The molecule has 8 heteroatoms. The first-order valence-electron chi connectivity index (χ1n) is 10.6. The monoisotopic (exact) mass is 429 g/mol. The summed E-state index contributed by atoms with van der Waals surface area (Å²) in [6.07, 6.45) is 2.53. The first-order chi connectivity index (χ1) is 14.6. The Morgan fingerprint density at radius 2 is 1.90 bits per heavy atom. The number of carbonyl (C=O) groups excluding carboxylic acids is 1. The summed E-state index contributed by atoms with van der Waals surface area (Å²) >= 11 is 0. The maximum absolute atomic E-state index is 14.0. The van der Waals surface area contributed by atoms with Crippen LogP contribution < -0.4 is 5.56 Å². The van der Waals surface area contributed by atoms with E-state index in [-0.39, 0.29) is 41.3 Å². The standard InChI is InChI=1S/C23H28FN3O4/c1-22(2,3)31-21(29)26-11-15-8-9-16(12-26)23(15,30)13-27-14-25-19(10-20(27)28)17-6-4-5-7-18(17)24/h4-7,10,14-16,30H,8-9,11-13H2,1-3H3/t15-,16+,23?. The maximum atomic E-state index is 14.0. The van der Waals surface area contributed by atoms with Crippen molar-refractivity contribution in [2.24, 2.45) is 11.8 Å². The molecule has 7 nitrogen and oxygen atoms in total. The lowest BCUT2D eigenvalue weighted by molar-refractivity contribution is -0.0951. The zero-order valence-electron chi connectivity index (χ0n) is 18.0. The van der Waals surface area contributed by atoms with Crippen LogP contribution in [0, 0.1) is 17.7 Å². The molecule has 1 aromatic heterocycles. The molecule has 31 heavy (non-hydrogen) atoms. The molecule has 0 radical (unpaired) electrons. The molecule has 2 bridgehead atoms. The molecule has 1 aromatic carbocycles. The Balaban J connectivity index is 1.52. The molecule has 2 aliphatic rings. The minimum Gasteiger partial charge on any atom is -0.444 e.